The maximum Gasteiger partial charge on any atom is 0.305 e. The Morgan fingerprint density at radius 2 is 1.67 bits per heavy atom. The normalized spacial score (nSPS) is 22.8. The Labute approximate surface area is 54.3 Å². The van der Waals surface area contributed by atoms with Crippen molar-refractivity contribution in [3.05, 3.63) is 0 Å². The van der Waals surface area contributed by atoms with E-state index in [2.05, 4.69) is 0 Å². The van der Waals surface area contributed by atoms with Gasteiger partial charge in [-0.15, -0.1) is 3.89 Å². The number of hydrogen-bond acceptors (Lipinski definition) is 2. The zero-order valence-electron chi connectivity index (χ0n) is 5.01. The second kappa shape index (κ2) is 2.25. The Hall–Kier alpha value is -0.120. The van der Waals surface area contributed by atoms with E-state index >= 15 is 0 Å². The van der Waals surface area contributed by atoms with Crippen molar-refractivity contribution in [1.82, 2.24) is 0 Å². The molecule has 0 bridgehead atoms. The molecule has 1 saturated carbocycles. The van der Waals surface area contributed by atoms with Gasteiger partial charge in [0.15, 0.2) is 0 Å². The van der Waals surface area contributed by atoms with E-state index in [1.165, 1.54) is 0 Å². The molecule has 0 aromatic heterocycles. The van der Waals surface area contributed by atoms with E-state index in [1.807, 2.05) is 0 Å². The van der Waals surface area contributed by atoms with Crippen LogP contribution in [-0.2, 0) is 10.2 Å². The quantitative estimate of drug-likeness (QED) is 0.529. The van der Waals surface area contributed by atoms with Crippen molar-refractivity contribution < 1.29 is 12.3 Å². The fraction of sp³-hybridized carbons (Fsp3) is 1.00. The van der Waals surface area contributed by atoms with Gasteiger partial charge in [0.25, 0.3) is 0 Å². The van der Waals surface area contributed by atoms with Crippen molar-refractivity contribution >= 4 is 10.2 Å². The molecule has 0 N–H and O–H groups in total. The lowest BCUT2D eigenvalue weighted by atomic mass is 10.4. The summed E-state index contributed by atoms with van der Waals surface area (Å²) in [6.45, 7) is 0. The van der Waals surface area contributed by atoms with Crippen LogP contribution in [0, 0.1) is 0 Å². The van der Waals surface area contributed by atoms with Crippen molar-refractivity contribution in [3.63, 3.8) is 0 Å². The molecule has 0 heterocycles. The standard InChI is InChI=1S/C5H9FO2S/c6-9(7,8)5-3-1-2-4-5/h5H,1-4H2. The van der Waals surface area contributed by atoms with E-state index < -0.39 is 15.5 Å². The van der Waals surface area contributed by atoms with Crippen LogP contribution in [0.1, 0.15) is 25.7 Å². The minimum Gasteiger partial charge on any atom is -0.195 e. The molecule has 0 atom stereocenters. The molecule has 2 nitrogen and oxygen atoms in total. The lowest BCUT2D eigenvalue weighted by molar-refractivity contribution is 0.534. The van der Waals surface area contributed by atoms with Gasteiger partial charge in [0.1, 0.15) is 0 Å². The summed E-state index contributed by atoms with van der Waals surface area (Å²) in [6.07, 6.45) is 2.74. The largest absolute Gasteiger partial charge is 0.305 e. The summed E-state index contributed by atoms with van der Waals surface area (Å²) in [7, 11) is -4.20. The molecule has 0 radical (unpaired) electrons. The first-order valence-corrected chi connectivity index (χ1v) is 4.49. The van der Waals surface area contributed by atoms with Gasteiger partial charge in [-0.2, -0.15) is 8.42 Å². The third-order valence-electron chi connectivity index (χ3n) is 1.70. The molecule has 1 rings (SSSR count). The highest BCUT2D eigenvalue weighted by Crippen LogP contribution is 2.25. The van der Waals surface area contributed by atoms with Gasteiger partial charge in [0, 0.05) is 0 Å². The fourth-order valence-corrected chi connectivity index (χ4v) is 2.07. The first-order chi connectivity index (χ1) is 4.11. The average molecular weight is 152 g/mol. The van der Waals surface area contributed by atoms with Gasteiger partial charge < -0.3 is 0 Å². The van der Waals surface area contributed by atoms with Crippen LogP contribution in [0.2, 0.25) is 0 Å². The van der Waals surface area contributed by atoms with Crippen LogP contribution >= 0.6 is 0 Å². The van der Waals surface area contributed by atoms with Gasteiger partial charge in [-0.1, -0.05) is 12.8 Å². The zero-order chi connectivity index (χ0) is 6.91. The van der Waals surface area contributed by atoms with Gasteiger partial charge in [-0.3, -0.25) is 0 Å². The van der Waals surface area contributed by atoms with Gasteiger partial charge in [0.2, 0.25) is 0 Å². The summed E-state index contributed by atoms with van der Waals surface area (Å²) < 4.78 is 32.4. The predicted molar refractivity (Wildman–Crippen MR) is 32.3 cm³/mol. The van der Waals surface area contributed by atoms with Crippen molar-refractivity contribution in [2.45, 2.75) is 30.9 Å². The SMILES string of the molecule is O=S(=O)(F)C1CCCC1. The lowest BCUT2D eigenvalue weighted by Gasteiger charge is -1.98. The summed E-state index contributed by atoms with van der Waals surface area (Å²) in [5.74, 6) is 0. The molecule has 0 unspecified atom stereocenters. The molecule has 9 heavy (non-hydrogen) atoms. The molecule has 1 aliphatic carbocycles. The zero-order valence-corrected chi connectivity index (χ0v) is 5.82. The Morgan fingerprint density at radius 1 is 1.22 bits per heavy atom. The minimum absolute atomic E-state index is 0.513. The maximum atomic E-state index is 12.1. The number of rotatable bonds is 1. The molecule has 0 spiro atoms. The van der Waals surface area contributed by atoms with Crippen LogP contribution in [0.3, 0.4) is 0 Å². The van der Waals surface area contributed by atoms with Crippen molar-refractivity contribution in [2.24, 2.45) is 0 Å². The van der Waals surface area contributed by atoms with Gasteiger partial charge in [0.05, 0.1) is 5.25 Å². The van der Waals surface area contributed by atoms with E-state index in [4.69, 9.17) is 0 Å². The highest BCUT2D eigenvalue weighted by Gasteiger charge is 2.27. The number of hydrogen-bond donors (Lipinski definition) is 0. The molecule has 1 fully saturated rings. The van der Waals surface area contributed by atoms with Gasteiger partial charge >= 0.3 is 10.2 Å². The van der Waals surface area contributed by atoms with Crippen molar-refractivity contribution in [2.75, 3.05) is 0 Å². The molecule has 54 valence electrons. The molecule has 1 aliphatic rings. The summed E-state index contributed by atoms with van der Waals surface area (Å²) in [4.78, 5) is 0. The van der Waals surface area contributed by atoms with E-state index in [-0.39, 0.29) is 0 Å². The highest BCUT2D eigenvalue weighted by molar-refractivity contribution is 7.87. The Balaban J connectivity index is 2.63. The van der Waals surface area contributed by atoms with Crippen LogP contribution in [-0.4, -0.2) is 13.7 Å². The van der Waals surface area contributed by atoms with E-state index in [9.17, 15) is 12.3 Å². The van der Waals surface area contributed by atoms with Crippen molar-refractivity contribution in [1.29, 1.82) is 0 Å². The molecular weight excluding hydrogens is 143 g/mol. The third kappa shape index (κ3) is 1.64. The molecule has 0 aromatic rings. The third-order valence-corrected chi connectivity index (χ3v) is 2.97. The van der Waals surface area contributed by atoms with Crippen LogP contribution in [0.4, 0.5) is 3.89 Å². The molecule has 0 aliphatic heterocycles. The van der Waals surface area contributed by atoms with Crippen molar-refractivity contribution in [3.8, 4) is 0 Å². The summed E-state index contributed by atoms with van der Waals surface area (Å²) in [6, 6.07) is 0. The van der Waals surface area contributed by atoms with E-state index in [1.54, 1.807) is 0 Å². The maximum absolute atomic E-state index is 12.1. The van der Waals surface area contributed by atoms with Crippen LogP contribution in [0.15, 0.2) is 0 Å². The molecule has 4 heteroatoms. The smallest absolute Gasteiger partial charge is 0.195 e. The van der Waals surface area contributed by atoms with Crippen LogP contribution in [0.25, 0.3) is 0 Å². The lowest BCUT2D eigenvalue weighted by Crippen LogP contribution is -2.11. The van der Waals surface area contributed by atoms with Crippen LogP contribution in [0.5, 0.6) is 0 Å². The Morgan fingerprint density at radius 3 is 1.89 bits per heavy atom. The Kier molecular flexibility index (Phi) is 1.75. The summed E-state index contributed by atoms with van der Waals surface area (Å²) >= 11 is 0. The minimum atomic E-state index is -4.20. The Bertz CT molecular complexity index is 179. The van der Waals surface area contributed by atoms with Crippen LogP contribution < -0.4 is 0 Å². The molecule has 0 aromatic carbocycles. The second-order valence-corrected chi connectivity index (χ2v) is 4.00. The summed E-state index contributed by atoms with van der Waals surface area (Å²) in [5, 5.41) is -0.683. The number of halogens is 1. The van der Waals surface area contributed by atoms with Gasteiger partial charge in [-0.25, -0.2) is 0 Å². The summed E-state index contributed by atoms with van der Waals surface area (Å²) in [5.41, 5.74) is 0. The predicted octanol–water partition coefficient (Wildman–Crippen LogP) is 1.23. The fourth-order valence-electron chi connectivity index (χ4n) is 1.17. The monoisotopic (exact) mass is 152 g/mol. The van der Waals surface area contributed by atoms with E-state index in [0.717, 1.165) is 12.8 Å². The second-order valence-electron chi connectivity index (χ2n) is 2.38. The molecule has 0 saturated heterocycles. The first-order valence-electron chi connectivity index (χ1n) is 3.04. The van der Waals surface area contributed by atoms with E-state index in [0.29, 0.717) is 12.8 Å². The molecular formula is C5H9FO2S. The molecule has 0 amide bonds. The topological polar surface area (TPSA) is 34.1 Å². The average Bonchev–Trinajstić information content (AvgIpc) is 2.08. The first kappa shape index (κ1) is 6.99. The highest BCUT2D eigenvalue weighted by atomic mass is 32.3. The van der Waals surface area contributed by atoms with Gasteiger partial charge in [-0.05, 0) is 12.8 Å².